The van der Waals surface area contributed by atoms with Gasteiger partial charge < -0.3 is 26.0 Å². The Morgan fingerprint density at radius 3 is 2.51 bits per heavy atom. The van der Waals surface area contributed by atoms with Crippen LogP contribution >= 0.6 is 0 Å². The first kappa shape index (κ1) is 25.3. The number of nitrogens with zero attached hydrogens (tertiary/aromatic N) is 1. The highest BCUT2D eigenvalue weighted by Gasteiger charge is 2.41. The number of rotatable bonds is 7. The quantitative estimate of drug-likeness (QED) is 0.326. The van der Waals surface area contributed by atoms with Crippen LogP contribution in [0.1, 0.15) is 80.8 Å². The molecule has 0 spiro atoms. The number of nitrogen functional groups attached to an aromatic ring is 1. The molecule has 2 saturated carbocycles. The molecule has 7 nitrogen and oxygen atoms in total. The van der Waals surface area contributed by atoms with Crippen molar-refractivity contribution in [2.24, 2.45) is 0 Å². The maximum Gasteiger partial charge on any atom is 0.341 e. The van der Waals surface area contributed by atoms with Crippen molar-refractivity contribution in [3.63, 3.8) is 0 Å². The summed E-state index contributed by atoms with van der Waals surface area (Å²) in [7, 11) is 0. The van der Waals surface area contributed by atoms with Crippen molar-refractivity contribution < 1.29 is 14.3 Å². The summed E-state index contributed by atoms with van der Waals surface area (Å²) in [4.78, 5) is 24.5. The van der Waals surface area contributed by atoms with E-state index < -0.39 is 22.8 Å². The molecule has 0 saturated heterocycles. The van der Waals surface area contributed by atoms with Crippen LogP contribution in [0, 0.1) is 5.82 Å². The average Bonchev–Trinajstić information content (AvgIpc) is 3.63. The van der Waals surface area contributed by atoms with Gasteiger partial charge in [0.1, 0.15) is 5.56 Å². The number of halogens is 1. The second-order valence-electron chi connectivity index (χ2n) is 11.2. The van der Waals surface area contributed by atoms with Gasteiger partial charge in [0.25, 0.3) is 0 Å². The Morgan fingerprint density at radius 1 is 1.22 bits per heavy atom. The third-order valence-electron chi connectivity index (χ3n) is 8.08. The number of aromatic carboxylic acids is 1. The molecule has 2 aromatic carbocycles. The predicted molar refractivity (Wildman–Crippen MR) is 145 cm³/mol. The minimum Gasteiger partial charge on any atom is -0.477 e. The van der Waals surface area contributed by atoms with E-state index >= 15 is 4.39 Å². The Labute approximate surface area is 215 Å². The zero-order chi connectivity index (χ0) is 26.5. The van der Waals surface area contributed by atoms with Gasteiger partial charge in [-0.15, -0.1) is 0 Å². The van der Waals surface area contributed by atoms with E-state index in [1.54, 1.807) is 10.6 Å². The van der Waals surface area contributed by atoms with Gasteiger partial charge in [-0.3, -0.25) is 4.79 Å². The van der Waals surface area contributed by atoms with Crippen LogP contribution in [0.25, 0.3) is 10.9 Å². The van der Waals surface area contributed by atoms with E-state index in [1.165, 1.54) is 18.2 Å². The summed E-state index contributed by atoms with van der Waals surface area (Å²) in [5.41, 5.74) is 6.34. The Morgan fingerprint density at radius 2 is 1.89 bits per heavy atom. The molecular formula is C29H35FN4O3. The number of hydrogen-bond acceptors (Lipinski definition) is 5. The summed E-state index contributed by atoms with van der Waals surface area (Å²) in [5, 5.41) is 16.6. The number of anilines is 2. The van der Waals surface area contributed by atoms with Crippen LogP contribution in [0.3, 0.4) is 0 Å². The van der Waals surface area contributed by atoms with Crippen molar-refractivity contribution in [3.05, 3.63) is 69.8 Å². The largest absolute Gasteiger partial charge is 0.477 e. The lowest BCUT2D eigenvalue weighted by molar-refractivity contribution is 0.0694. The Kier molecular flexibility index (Phi) is 6.48. The minimum atomic E-state index is -1.36. The summed E-state index contributed by atoms with van der Waals surface area (Å²) in [6, 6.07) is 13.0. The number of carbonyl (C=O) groups is 1. The molecule has 0 unspecified atom stereocenters. The Hall–Kier alpha value is -3.39. The highest BCUT2D eigenvalue weighted by Crippen LogP contribution is 2.42. The van der Waals surface area contributed by atoms with E-state index in [4.69, 9.17) is 5.73 Å². The number of pyridine rings is 1. The zero-order valence-electron chi connectivity index (χ0n) is 21.6. The second kappa shape index (κ2) is 9.49. The van der Waals surface area contributed by atoms with Crippen LogP contribution in [-0.4, -0.2) is 33.3 Å². The maximum absolute atomic E-state index is 15.5. The third kappa shape index (κ3) is 4.82. The predicted octanol–water partition coefficient (Wildman–Crippen LogP) is 5.26. The summed E-state index contributed by atoms with van der Waals surface area (Å²) >= 11 is 0. The molecule has 2 atom stereocenters. The molecule has 37 heavy (non-hydrogen) atoms. The highest BCUT2D eigenvalue weighted by molar-refractivity contribution is 5.99. The van der Waals surface area contributed by atoms with Gasteiger partial charge in [0, 0.05) is 35.8 Å². The summed E-state index contributed by atoms with van der Waals surface area (Å²) in [6.07, 6.45) is 6.16. The Balaban J connectivity index is 1.33. The minimum absolute atomic E-state index is 0.0906. The fourth-order valence-electron chi connectivity index (χ4n) is 5.80. The number of benzene rings is 2. The van der Waals surface area contributed by atoms with Crippen LogP contribution in [0.2, 0.25) is 0 Å². The normalized spacial score (nSPS) is 25.4. The molecule has 5 N–H and O–H groups in total. The molecular weight excluding hydrogens is 471 g/mol. The van der Waals surface area contributed by atoms with E-state index in [1.807, 2.05) is 19.9 Å². The monoisotopic (exact) mass is 506 g/mol. The SMILES string of the molecule is CC(C)n1cc(C(=O)O)c(=O)c2c(N)c(F)c(NC3(C)CCC(N[C@H]4C[C@@H]4c4ccccc4)CC3)cc21. The molecule has 1 aromatic heterocycles. The van der Waals surface area contributed by atoms with Crippen LogP contribution in [-0.2, 0) is 0 Å². The molecule has 0 radical (unpaired) electrons. The van der Waals surface area contributed by atoms with Gasteiger partial charge in [0.15, 0.2) is 5.82 Å². The van der Waals surface area contributed by atoms with Gasteiger partial charge in [-0.2, -0.15) is 0 Å². The van der Waals surface area contributed by atoms with E-state index in [-0.39, 0.29) is 28.3 Å². The topological polar surface area (TPSA) is 109 Å². The van der Waals surface area contributed by atoms with Gasteiger partial charge in [-0.25, -0.2) is 9.18 Å². The van der Waals surface area contributed by atoms with E-state index in [0.717, 1.165) is 25.7 Å². The van der Waals surface area contributed by atoms with Gasteiger partial charge in [0.2, 0.25) is 5.43 Å². The molecule has 1 heterocycles. The van der Waals surface area contributed by atoms with Crippen molar-refractivity contribution >= 4 is 28.2 Å². The number of nitrogens with one attached hydrogen (secondary N) is 2. The molecule has 0 amide bonds. The van der Waals surface area contributed by atoms with Crippen LogP contribution < -0.4 is 21.8 Å². The molecule has 2 aliphatic carbocycles. The van der Waals surface area contributed by atoms with Gasteiger partial charge >= 0.3 is 5.97 Å². The number of nitrogens with two attached hydrogens (primary N) is 1. The molecule has 3 aromatic rings. The molecule has 0 aliphatic heterocycles. The number of carboxylic acids is 1. The van der Waals surface area contributed by atoms with Gasteiger partial charge in [-0.05, 0) is 64.5 Å². The average molecular weight is 507 g/mol. The lowest BCUT2D eigenvalue weighted by Crippen LogP contribution is -2.45. The van der Waals surface area contributed by atoms with Crippen molar-refractivity contribution in [3.8, 4) is 0 Å². The fourth-order valence-corrected chi connectivity index (χ4v) is 5.80. The molecule has 2 aliphatic rings. The van der Waals surface area contributed by atoms with E-state index in [2.05, 4.69) is 41.8 Å². The zero-order valence-corrected chi connectivity index (χ0v) is 21.6. The molecule has 196 valence electrons. The molecule has 2 fully saturated rings. The number of aromatic nitrogens is 1. The number of hydrogen-bond donors (Lipinski definition) is 4. The van der Waals surface area contributed by atoms with Crippen molar-refractivity contribution in [1.29, 1.82) is 0 Å². The van der Waals surface area contributed by atoms with Crippen molar-refractivity contribution in [2.45, 2.75) is 82.5 Å². The maximum atomic E-state index is 15.5. The molecule has 5 rings (SSSR count). The first-order chi connectivity index (χ1) is 17.6. The summed E-state index contributed by atoms with van der Waals surface area (Å²) in [6.45, 7) is 5.84. The smallest absolute Gasteiger partial charge is 0.341 e. The van der Waals surface area contributed by atoms with Crippen LogP contribution in [0.5, 0.6) is 0 Å². The van der Waals surface area contributed by atoms with E-state index in [0.29, 0.717) is 23.5 Å². The third-order valence-corrected chi connectivity index (χ3v) is 8.08. The second-order valence-corrected chi connectivity index (χ2v) is 11.2. The molecule has 0 bridgehead atoms. The number of carboxylic acid groups (broad SMARTS) is 1. The summed E-state index contributed by atoms with van der Waals surface area (Å²) in [5.74, 6) is -1.49. The highest BCUT2D eigenvalue weighted by atomic mass is 19.1. The standard InChI is InChI=1S/C29H35FN4O3/c1-16(2)34-15-20(28(36)37)27(35)24-23(34)14-22(25(30)26(24)31)33-29(3)11-9-18(10-12-29)32-21-13-19(21)17-7-5-4-6-8-17/h4-8,14-16,18-19,21,32-33H,9-13,31H2,1-3H3,(H,36,37)/t18?,19-,21+,29?/m1/s1. The van der Waals surface area contributed by atoms with Crippen molar-refractivity contribution in [2.75, 3.05) is 11.1 Å². The van der Waals surface area contributed by atoms with E-state index in [9.17, 15) is 14.7 Å². The Bertz CT molecular complexity index is 1390. The van der Waals surface area contributed by atoms with Crippen LogP contribution in [0.4, 0.5) is 15.8 Å². The van der Waals surface area contributed by atoms with Crippen LogP contribution in [0.15, 0.2) is 47.4 Å². The molecule has 8 heteroatoms. The lowest BCUT2D eigenvalue weighted by Gasteiger charge is -2.39. The first-order valence-corrected chi connectivity index (χ1v) is 13.1. The van der Waals surface area contributed by atoms with Crippen molar-refractivity contribution in [1.82, 2.24) is 9.88 Å². The van der Waals surface area contributed by atoms with Gasteiger partial charge in [-0.1, -0.05) is 30.3 Å². The first-order valence-electron chi connectivity index (χ1n) is 13.1. The summed E-state index contributed by atoms with van der Waals surface area (Å²) < 4.78 is 17.1. The fraction of sp³-hybridized carbons (Fsp3) is 0.448. The lowest BCUT2D eigenvalue weighted by atomic mass is 9.80. The van der Waals surface area contributed by atoms with Gasteiger partial charge in [0.05, 0.1) is 22.3 Å². The number of fused-ring (bicyclic) bond motifs is 1.